The zero-order valence-corrected chi connectivity index (χ0v) is 15.9. The minimum Gasteiger partial charge on any atom is -0.348 e. The highest BCUT2D eigenvalue weighted by atomic mass is 35.5. The summed E-state index contributed by atoms with van der Waals surface area (Å²) in [5, 5.41) is 6.47. The fourth-order valence-corrected chi connectivity index (χ4v) is 2.80. The van der Waals surface area contributed by atoms with Crippen LogP contribution in [0.15, 0.2) is 42.5 Å². The average molecular weight is 400 g/mol. The number of carbonyl (C=O) groups excluding carboxylic acids is 2. The maximum atomic E-state index is 12.3. The Labute approximate surface area is 161 Å². The summed E-state index contributed by atoms with van der Waals surface area (Å²) in [6.07, 6.45) is 0. The second-order valence-electron chi connectivity index (χ2n) is 5.58. The Morgan fingerprint density at radius 2 is 1.64 bits per heavy atom. The van der Waals surface area contributed by atoms with Crippen molar-refractivity contribution in [3.63, 3.8) is 0 Å². The number of nitrogens with one attached hydrogen (secondary N) is 2. The zero-order chi connectivity index (χ0) is 18.6. The molecule has 4 nitrogen and oxygen atoms in total. The Morgan fingerprint density at radius 3 is 2.32 bits per heavy atom. The molecule has 0 aliphatic heterocycles. The van der Waals surface area contributed by atoms with Crippen LogP contribution in [0.4, 0.5) is 0 Å². The van der Waals surface area contributed by atoms with Crippen molar-refractivity contribution in [1.82, 2.24) is 10.6 Å². The van der Waals surface area contributed by atoms with Gasteiger partial charge in [0.2, 0.25) is 5.91 Å². The molecule has 2 N–H and O–H groups in total. The quantitative estimate of drug-likeness (QED) is 0.769. The van der Waals surface area contributed by atoms with Crippen LogP contribution in [0.1, 0.15) is 35.8 Å². The molecule has 7 heteroatoms. The van der Waals surface area contributed by atoms with Crippen molar-refractivity contribution < 1.29 is 9.59 Å². The van der Waals surface area contributed by atoms with Crippen LogP contribution in [-0.4, -0.2) is 17.9 Å². The maximum absolute atomic E-state index is 12.3. The SMILES string of the molecule is CC(NC(=O)c1cccc(Cl)c1Cl)C(=O)NC(C)c1cccc(Cl)c1. The molecule has 0 saturated heterocycles. The second kappa shape index (κ2) is 8.56. The van der Waals surface area contributed by atoms with Crippen LogP contribution in [0.25, 0.3) is 0 Å². The third kappa shape index (κ3) is 5.11. The molecule has 2 aromatic carbocycles. The van der Waals surface area contributed by atoms with Crippen molar-refractivity contribution in [3.8, 4) is 0 Å². The summed E-state index contributed by atoms with van der Waals surface area (Å²) < 4.78 is 0. The van der Waals surface area contributed by atoms with E-state index in [1.807, 2.05) is 19.1 Å². The Morgan fingerprint density at radius 1 is 0.960 bits per heavy atom. The minimum atomic E-state index is -0.746. The predicted molar refractivity (Wildman–Crippen MR) is 101 cm³/mol. The van der Waals surface area contributed by atoms with Crippen molar-refractivity contribution in [3.05, 3.63) is 68.7 Å². The van der Waals surface area contributed by atoms with Crippen molar-refractivity contribution in [2.24, 2.45) is 0 Å². The number of carbonyl (C=O) groups is 2. The molecule has 0 aliphatic carbocycles. The van der Waals surface area contributed by atoms with Gasteiger partial charge in [-0.2, -0.15) is 0 Å². The van der Waals surface area contributed by atoms with Gasteiger partial charge in [-0.15, -0.1) is 0 Å². The third-order valence-electron chi connectivity index (χ3n) is 3.64. The zero-order valence-electron chi connectivity index (χ0n) is 13.6. The van der Waals surface area contributed by atoms with Crippen LogP contribution < -0.4 is 10.6 Å². The van der Waals surface area contributed by atoms with E-state index in [1.54, 1.807) is 37.3 Å². The summed E-state index contributed by atoms with van der Waals surface area (Å²) in [5.74, 6) is -0.787. The van der Waals surface area contributed by atoms with E-state index in [0.29, 0.717) is 5.02 Å². The lowest BCUT2D eigenvalue weighted by molar-refractivity contribution is -0.123. The fraction of sp³-hybridized carbons (Fsp3) is 0.222. The molecule has 2 unspecified atom stereocenters. The van der Waals surface area contributed by atoms with Crippen LogP contribution >= 0.6 is 34.8 Å². The van der Waals surface area contributed by atoms with Gasteiger partial charge in [0.25, 0.3) is 5.91 Å². The molecule has 0 spiro atoms. The van der Waals surface area contributed by atoms with E-state index in [4.69, 9.17) is 34.8 Å². The van der Waals surface area contributed by atoms with E-state index in [0.717, 1.165) is 5.56 Å². The van der Waals surface area contributed by atoms with Crippen molar-refractivity contribution >= 4 is 46.6 Å². The number of benzene rings is 2. The van der Waals surface area contributed by atoms with Crippen molar-refractivity contribution in [1.29, 1.82) is 0 Å². The first kappa shape index (κ1) is 19.6. The molecular weight excluding hydrogens is 383 g/mol. The first-order valence-electron chi connectivity index (χ1n) is 7.60. The van der Waals surface area contributed by atoms with Gasteiger partial charge in [-0.3, -0.25) is 9.59 Å². The highest BCUT2D eigenvalue weighted by Crippen LogP contribution is 2.25. The van der Waals surface area contributed by atoms with Gasteiger partial charge in [0, 0.05) is 5.02 Å². The molecule has 132 valence electrons. The molecule has 0 radical (unpaired) electrons. The molecule has 2 atom stereocenters. The molecule has 0 fully saturated rings. The monoisotopic (exact) mass is 398 g/mol. The van der Waals surface area contributed by atoms with Crippen LogP contribution in [-0.2, 0) is 4.79 Å². The van der Waals surface area contributed by atoms with E-state index < -0.39 is 11.9 Å². The molecule has 0 aliphatic rings. The van der Waals surface area contributed by atoms with E-state index in [9.17, 15) is 9.59 Å². The first-order valence-corrected chi connectivity index (χ1v) is 8.73. The molecule has 25 heavy (non-hydrogen) atoms. The Hall–Kier alpha value is -1.75. The van der Waals surface area contributed by atoms with Crippen LogP contribution in [0.2, 0.25) is 15.1 Å². The first-order chi connectivity index (χ1) is 11.8. The summed E-state index contributed by atoms with van der Waals surface area (Å²) >= 11 is 17.9. The number of hydrogen-bond donors (Lipinski definition) is 2. The van der Waals surface area contributed by atoms with Gasteiger partial charge >= 0.3 is 0 Å². The molecule has 0 aromatic heterocycles. The molecule has 2 aromatic rings. The third-order valence-corrected chi connectivity index (χ3v) is 4.70. The Balaban J connectivity index is 2.00. The summed E-state index contributed by atoms with van der Waals surface area (Å²) in [6.45, 7) is 3.43. The smallest absolute Gasteiger partial charge is 0.253 e. The van der Waals surface area contributed by atoms with E-state index in [-0.39, 0.29) is 27.6 Å². The van der Waals surface area contributed by atoms with Crippen molar-refractivity contribution in [2.45, 2.75) is 25.9 Å². The summed E-state index contributed by atoms with van der Waals surface area (Å²) in [4.78, 5) is 24.6. The van der Waals surface area contributed by atoms with E-state index >= 15 is 0 Å². The predicted octanol–water partition coefficient (Wildman–Crippen LogP) is 4.64. The van der Waals surface area contributed by atoms with Gasteiger partial charge in [0.1, 0.15) is 6.04 Å². The molecule has 2 amide bonds. The minimum absolute atomic E-state index is 0.154. The normalized spacial score (nSPS) is 13.0. The summed E-state index contributed by atoms with van der Waals surface area (Å²) in [6, 6.07) is 11.0. The van der Waals surface area contributed by atoms with Crippen LogP contribution in [0, 0.1) is 0 Å². The van der Waals surface area contributed by atoms with Gasteiger partial charge in [-0.05, 0) is 43.7 Å². The average Bonchev–Trinajstić information content (AvgIpc) is 2.57. The van der Waals surface area contributed by atoms with Gasteiger partial charge in [0.05, 0.1) is 21.7 Å². The number of halogens is 3. The number of rotatable bonds is 5. The molecular formula is C18H17Cl3N2O2. The Kier molecular flexibility index (Phi) is 6.71. The topological polar surface area (TPSA) is 58.2 Å². The van der Waals surface area contributed by atoms with Gasteiger partial charge in [-0.1, -0.05) is 53.0 Å². The standard InChI is InChI=1S/C18H17Cl3N2O2/c1-10(12-5-3-6-13(19)9-12)22-17(24)11(2)23-18(25)14-7-4-8-15(20)16(14)21/h3-11H,1-2H3,(H,22,24)(H,23,25). The van der Waals surface area contributed by atoms with Gasteiger partial charge in [-0.25, -0.2) is 0 Å². The molecule has 0 bridgehead atoms. The van der Waals surface area contributed by atoms with Crippen LogP contribution in [0.5, 0.6) is 0 Å². The molecule has 2 rings (SSSR count). The number of hydrogen-bond acceptors (Lipinski definition) is 2. The van der Waals surface area contributed by atoms with Crippen molar-refractivity contribution in [2.75, 3.05) is 0 Å². The summed E-state index contributed by atoms with van der Waals surface area (Å²) in [7, 11) is 0. The maximum Gasteiger partial charge on any atom is 0.253 e. The fourth-order valence-electron chi connectivity index (χ4n) is 2.22. The lowest BCUT2D eigenvalue weighted by Gasteiger charge is -2.19. The summed E-state index contributed by atoms with van der Waals surface area (Å²) in [5.41, 5.74) is 1.09. The Bertz CT molecular complexity index is 796. The van der Waals surface area contributed by atoms with Gasteiger partial charge in [0.15, 0.2) is 0 Å². The number of amides is 2. The second-order valence-corrected chi connectivity index (χ2v) is 6.80. The lowest BCUT2D eigenvalue weighted by Crippen LogP contribution is -2.45. The van der Waals surface area contributed by atoms with E-state index in [1.165, 1.54) is 0 Å². The van der Waals surface area contributed by atoms with Gasteiger partial charge < -0.3 is 10.6 Å². The largest absolute Gasteiger partial charge is 0.348 e. The highest BCUT2D eigenvalue weighted by Gasteiger charge is 2.20. The molecule has 0 heterocycles. The highest BCUT2D eigenvalue weighted by molar-refractivity contribution is 6.43. The lowest BCUT2D eigenvalue weighted by atomic mass is 10.1. The molecule has 0 saturated carbocycles. The van der Waals surface area contributed by atoms with Crippen LogP contribution in [0.3, 0.4) is 0 Å². The van der Waals surface area contributed by atoms with E-state index in [2.05, 4.69) is 10.6 Å².